The van der Waals surface area contributed by atoms with Crippen molar-refractivity contribution < 1.29 is 22.3 Å². The molecule has 1 unspecified atom stereocenters. The lowest BCUT2D eigenvalue weighted by Gasteiger charge is -2.52. The molecule has 3 heterocycles. The Morgan fingerprint density at radius 3 is 2.53 bits per heavy atom. The summed E-state index contributed by atoms with van der Waals surface area (Å²) in [5, 5.41) is 2.67. The smallest absolute Gasteiger partial charge is 0.274 e. The van der Waals surface area contributed by atoms with Gasteiger partial charge in [-0.3, -0.25) is 14.7 Å². The molecule has 1 spiro atoms. The van der Waals surface area contributed by atoms with Crippen molar-refractivity contribution in [2.45, 2.75) is 23.8 Å². The van der Waals surface area contributed by atoms with Crippen molar-refractivity contribution in [1.82, 2.24) is 9.88 Å². The quantitative estimate of drug-likeness (QED) is 0.495. The third-order valence-corrected chi connectivity index (χ3v) is 9.72. The van der Waals surface area contributed by atoms with Gasteiger partial charge in [-0.1, -0.05) is 30.3 Å². The fourth-order valence-electron chi connectivity index (χ4n) is 5.04. The fourth-order valence-corrected chi connectivity index (χ4v) is 7.40. The maximum Gasteiger partial charge on any atom is 0.274 e. The molecule has 198 valence electrons. The Kier molecular flexibility index (Phi) is 6.44. The first-order chi connectivity index (χ1) is 18.0. The average molecular weight is 538 g/mol. The van der Waals surface area contributed by atoms with Gasteiger partial charge in [0.1, 0.15) is 28.6 Å². The number of sulfone groups is 1. The maximum absolute atomic E-state index is 15.1. The van der Waals surface area contributed by atoms with Crippen LogP contribution in [0.15, 0.2) is 71.9 Å². The molecule has 2 aliphatic rings. The predicted octanol–water partition coefficient (Wildman–Crippen LogP) is 2.74. The van der Waals surface area contributed by atoms with E-state index in [2.05, 4.69) is 15.3 Å². The molecule has 3 N–H and O–H groups in total. The molecule has 5 rings (SSSR count). The molecule has 0 radical (unpaired) electrons. The van der Waals surface area contributed by atoms with Gasteiger partial charge in [0.05, 0.1) is 19.1 Å². The number of hydrogen-bond acceptors (Lipinski definition) is 8. The Hall–Kier alpha value is -3.83. The second-order valence-corrected chi connectivity index (χ2v) is 12.2. The second kappa shape index (κ2) is 9.48. The Bertz CT molecular complexity index is 1510. The van der Waals surface area contributed by atoms with Gasteiger partial charge in [0, 0.05) is 30.9 Å². The normalized spacial score (nSPS) is 21.8. The largest absolute Gasteiger partial charge is 0.495 e. The third-order valence-electron chi connectivity index (χ3n) is 7.12. The van der Waals surface area contributed by atoms with E-state index in [-0.39, 0.29) is 35.9 Å². The number of methoxy groups -OCH3 is 1. The monoisotopic (exact) mass is 537 g/mol. The van der Waals surface area contributed by atoms with Gasteiger partial charge in [-0.15, -0.1) is 0 Å². The van der Waals surface area contributed by atoms with Crippen LogP contribution in [0.25, 0.3) is 0 Å². The van der Waals surface area contributed by atoms with E-state index in [0.717, 1.165) is 5.56 Å². The number of amidine groups is 1. The highest BCUT2D eigenvalue weighted by Gasteiger charge is 2.61. The first-order valence-corrected chi connectivity index (χ1v) is 13.7. The number of nitrogens with one attached hydrogen (secondary N) is 1. The highest BCUT2D eigenvalue weighted by Crippen LogP contribution is 2.42. The van der Waals surface area contributed by atoms with Crippen LogP contribution >= 0.6 is 0 Å². The Morgan fingerprint density at radius 2 is 1.89 bits per heavy atom. The standard InChI is InChI=1S/C27H28FN5O4S/c1-26(21-12-19(8-10-22(21)28)31-24(34)23-11-9-20(37-2)13-30-23)17-38(35,36)27(25(29)32-26)15-33(16-27)14-18-6-4-3-5-7-18/h3-13H,14-17H2,1-2H3,(H2,29,32)(H,31,34). The molecule has 2 aromatic carbocycles. The van der Waals surface area contributed by atoms with Crippen LogP contribution in [0.1, 0.15) is 28.5 Å². The van der Waals surface area contributed by atoms with Gasteiger partial charge in [0.2, 0.25) is 0 Å². The van der Waals surface area contributed by atoms with Crippen molar-refractivity contribution in [2.75, 3.05) is 31.3 Å². The molecule has 1 amide bonds. The number of anilines is 1. The summed E-state index contributed by atoms with van der Waals surface area (Å²) in [7, 11) is -2.30. The average Bonchev–Trinajstić information content (AvgIpc) is 2.86. The first-order valence-electron chi connectivity index (χ1n) is 12.0. The van der Waals surface area contributed by atoms with Crippen molar-refractivity contribution in [3.63, 3.8) is 0 Å². The molecule has 1 aromatic heterocycles. The molecule has 0 bridgehead atoms. The van der Waals surface area contributed by atoms with Crippen molar-refractivity contribution >= 4 is 27.3 Å². The molecule has 0 saturated carbocycles. The summed E-state index contributed by atoms with van der Waals surface area (Å²) < 4.78 is 46.0. The van der Waals surface area contributed by atoms with Gasteiger partial charge in [-0.2, -0.15) is 0 Å². The maximum atomic E-state index is 15.1. The van der Waals surface area contributed by atoms with E-state index < -0.39 is 37.6 Å². The zero-order valence-corrected chi connectivity index (χ0v) is 21.8. The lowest BCUT2D eigenvalue weighted by molar-refractivity contribution is 0.102. The van der Waals surface area contributed by atoms with E-state index >= 15 is 4.39 Å². The van der Waals surface area contributed by atoms with E-state index in [1.165, 1.54) is 37.6 Å². The van der Waals surface area contributed by atoms with E-state index in [4.69, 9.17) is 10.5 Å². The third kappa shape index (κ3) is 4.52. The number of carbonyl (C=O) groups is 1. The summed E-state index contributed by atoms with van der Waals surface area (Å²) >= 11 is 0. The number of ether oxygens (including phenoxy) is 1. The zero-order chi connectivity index (χ0) is 27.1. The van der Waals surface area contributed by atoms with Gasteiger partial charge in [0.25, 0.3) is 5.91 Å². The van der Waals surface area contributed by atoms with E-state index in [0.29, 0.717) is 12.3 Å². The topological polar surface area (TPSA) is 127 Å². The summed E-state index contributed by atoms with van der Waals surface area (Å²) in [6.45, 7) is 2.59. The molecule has 11 heteroatoms. The molecule has 38 heavy (non-hydrogen) atoms. The number of benzene rings is 2. The van der Waals surface area contributed by atoms with Crippen molar-refractivity contribution in [3.05, 3.63) is 89.5 Å². The minimum Gasteiger partial charge on any atom is -0.495 e. The number of hydrogen-bond donors (Lipinski definition) is 2. The molecule has 1 fully saturated rings. The van der Waals surface area contributed by atoms with Crippen LogP contribution in [0.4, 0.5) is 10.1 Å². The molecule has 1 saturated heterocycles. The number of amides is 1. The molecule has 1 atom stereocenters. The molecular weight excluding hydrogens is 509 g/mol. The lowest BCUT2D eigenvalue weighted by atomic mass is 9.90. The summed E-state index contributed by atoms with van der Waals surface area (Å²) in [5.74, 6) is -1.09. The van der Waals surface area contributed by atoms with Crippen molar-refractivity contribution in [3.8, 4) is 5.75 Å². The number of aliphatic imine (C=N–C) groups is 1. The van der Waals surface area contributed by atoms with Gasteiger partial charge in [-0.25, -0.2) is 17.8 Å². The Balaban J connectivity index is 1.38. The van der Waals surface area contributed by atoms with Gasteiger partial charge in [-0.05, 0) is 42.8 Å². The SMILES string of the molecule is COc1ccc(C(=O)Nc2ccc(F)c(C3(C)CS(=O)(=O)C4(CN(Cc5ccccc5)C4)C(N)=N3)c2)nc1. The molecular formula is C27H28FN5O4S. The van der Waals surface area contributed by atoms with Crippen molar-refractivity contribution in [1.29, 1.82) is 0 Å². The summed E-state index contributed by atoms with van der Waals surface area (Å²) in [6.07, 6.45) is 1.41. The zero-order valence-electron chi connectivity index (χ0n) is 21.0. The number of halogens is 1. The molecule has 3 aromatic rings. The summed E-state index contributed by atoms with van der Waals surface area (Å²) in [4.78, 5) is 23.3. The number of carbonyl (C=O) groups excluding carboxylic acids is 1. The van der Waals surface area contributed by atoms with Crippen molar-refractivity contribution in [2.24, 2.45) is 10.7 Å². The summed E-state index contributed by atoms with van der Waals surface area (Å²) in [6, 6.07) is 16.8. The number of aromatic nitrogens is 1. The number of nitrogens with two attached hydrogens (primary N) is 1. The van der Waals surface area contributed by atoms with E-state index in [9.17, 15) is 13.2 Å². The van der Waals surface area contributed by atoms with Gasteiger partial charge >= 0.3 is 0 Å². The Morgan fingerprint density at radius 1 is 1.16 bits per heavy atom. The summed E-state index contributed by atoms with van der Waals surface area (Å²) in [5.41, 5.74) is 6.37. The van der Waals surface area contributed by atoms with E-state index in [1.54, 1.807) is 13.0 Å². The van der Waals surface area contributed by atoms with Gasteiger partial charge < -0.3 is 15.8 Å². The highest BCUT2D eigenvalue weighted by molar-refractivity contribution is 7.93. The molecule has 9 nitrogen and oxygen atoms in total. The number of pyridine rings is 1. The molecule has 2 aliphatic heterocycles. The highest BCUT2D eigenvalue weighted by atomic mass is 32.2. The van der Waals surface area contributed by atoms with Crippen LogP contribution in [0.2, 0.25) is 0 Å². The lowest BCUT2D eigenvalue weighted by Crippen LogP contribution is -2.74. The van der Waals surface area contributed by atoms with Crippen LogP contribution in [0, 0.1) is 5.82 Å². The predicted molar refractivity (Wildman–Crippen MR) is 142 cm³/mol. The minimum absolute atomic E-state index is 0.0215. The van der Waals surface area contributed by atoms with Crippen LogP contribution in [0.3, 0.4) is 0 Å². The number of rotatable bonds is 6. The number of nitrogens with zero attached hydrogens (tertiary/aromatic N) is 3. The molecule has 0 aliphatic carbocycles. The van der Waals surface area contributed by atoms with Crippen LogP contribution in [-0.2, 0) is 21.9 Å². The van der Waals surface area contributed by atoms with Crippen LogP contribution in [-0.4, -0.2) is 60.7 Å². The van der Waals surface area contributed by atoms with E-state index in [1.807, 2.05) is 35.2 Å². The number of likely N-dealkylation sites (tertiary alicyclic amines) is 1. The van der Waals surface area contributed by atoms with Crippen LogP contribution in [0.5, 0.6) is 5.75 Å². The van der Waals surface area contributed by atoms with Crippen LogP contribution < -0.4 is 15.8 Å². The first kappa shape index (κ1) is 25.8. The fraction of sp³-hybridized carbons (Fsp3) is 0.296. The minimum atomic E-state index is -3.79. The van der Waals surface area contributed by atoms with Gasteiger partial charge in [0.15, 0.2) is 14.6 Å². The second-order valence-electron chi connectivity index (χ2n) is 9.89. The Labute approximate surface area is 220 Å².